The van der Waals surface area contributed by atoms with Gasteiger partial charge in [0.2, 0.25) is 25.5 Å². The molecule has 0 aliphatic carbocycles. The number of nitrogens with one attached hydrogen (secondary N) is 3. The van der Waals surface area contributed by atoms with E-state index in [1.54, 1.807) is 31.3 Å². The van der Waals surface area contributed by atoms with Gasteiger partial charge >= 0.3 is 0 Å². The average Bonchev–Trinajstić information content (AvgIpc) is 2.52. The van der Waals surface area contributed by atoms with Crippen LogP contribution in [-0.4, -0.2) is 45.2 Å². The zero-order valence-electron chi connectivity index (χ0n) is 14.1. The van der Waals surface area contributed by atoms with E-state index in [0.29, 0.717) is 5.69 Å². The van der Waals surface area contributed by atoms with Crippen molar-refractivity contribution in [2.24, 2.45) is 5.92 Å². The van der Waals surface area contributed by atoms with Crippen molar-refractivity contribution in [3.63, 3.8) is 0 Å². The maximum Gasteiger partial charge on any atom is 0.243 e. The molecule has 0 fully saturated rings. The zero-order valence-corrected chi connectivity index (χ0v) is 14.1. The Kier molecular flexibility index (Phi) is 7.98. The molecule has 1 atom stereocenters. The molecule has 0 aliphatic heterocycles. The molecule has 3 N–H and O–H groups in total. The first kappa shape index (κ1) is 19.7. The van der Waals surface area contributed by atoms with Crippen LogP contribution < -0.4 is 16.0 Å². The summed E-state index contributed by atoms with van der Waals surface area (Å²) in [6.07, 6.45) is 0. The summed E-state index contributed by atoms with van der Waals surface area (Å²) >= 11 is 0. The first-order valence-corrected chi connectivity index (χ1v) is 7.59. The monoisotopic (exact) mass is 331 g/mol. The van der Waals surface area contributed by atoms with Crippen molar-refractivity contribution in [1.82, 2.24) is 10.6 Å². The van der Waals surface area contributed by atoms with E-state index >= 15 is 0 Å². The van der Waals surface area contributed by atoms with Crippen molar-refractivity contribution >= 4 is 31.2 Å². The summed E-state index contributed by atoms with van der Waals surface area (Å²) in [5.74, 6) is -1.28. The van der Waals surface area contributed by atoms with Crippen molar-refractivity contribution in [2.75, 3.05) is 18.9 Å². The van der Waals surface area contributed by atoms with Gasteiger partial charge in [-0.25, -0.2) is 0 Å². The molecule has 0 heterocycles. The molecule has 1 unspecified atom stereocenters. The van der Waals surface area contributed by atoms with Crippen LogP contribution in [0.5, 0.6) is 0 Å². The van der Waals surface area contributed by atoms with Gasteiger partial charge in [-0.15, -0.1) is 0 Å². The van der Waals surface area contributed by atoms with Gasteiger partial charge in [-0.1, -0.05) is 26.0 Å². The number of anilines is 1. The Morgan fingerprint density at radius 1 is 1.17 bits per heavy atom. The van der Waals surface area contributed by atoms with E-state index in [1.807, 2.05) is 13.8 Å². The lowest BCUT2D eigenvalue weighted by Gasteiger charge is -2.19. The second-order valence-electron chi connectivity index (χ2n) is 5.58. The smallest absolute Gasteiger partial charge is 0.243 e. The summed E-state index contributed by atoms with van der Waals surface area (Å²) in [5, 5.41) is 8.18. The highest BCUT2D eigenvalue weighted by atomic mass is 16.5. The van der Waals surface area contributed by atoms with Gasteiger partial charge in [-0.2, -0.15) is 0 Å². The molecule has 2 radical (unpaired) electrons. The van der Waals surface area contributed by atoms with Gasteiger partial charge in [0, 0.05) is 5.69 Å². The van der Waals surface area contributed by atoms with Gasteiger partial charge in [-0.05, 0) is 30.7 Å². The fraction of sp³-hybridized carbons (Fsp3) is 0.438. The van der Waals surface area contributed by atoms with Crippen molar-refractivity contribution in [1.29, 1.82) is 0 Å². The normalized spacial score (nSPS) is 11.7. The molecule has 1 rings (SSSR count). The van der Waals surface area contributed by atoms with E-state index in [9.17, 15) is 14.4 Å². The van der Waals surface area contributed by atoms with E-state index in [0.717, 1.165) is 5.56 Å². The summed E-state index contributed by atoms with van der Waals surface area (Å²) in [5.41, 5.74) is 1.32. The van der Waals surface area contributed by atoms with Gasteiger partial charge in [-0.3, -0.25) is 14.4 Å². The number of likely N-dealkylation sites (N-methyl/N-ethyl adjacent to an activating group) is 1. The second-order valence-corrected chi connectivity index (χ2v) is 5.58. The summed E-state index contributed by atoms with van der Waals surface area (Å²) in [6.45, 7) is 3.80. The Labute approximate surface area is 142 Å². The highest BCUT2D eigenvalue weighted by molar-refractivity contribution is 6.55. The van der Waals surface area contributed by atoms with Gasteiger partial charge in [0.1, 0.15) is 6.61 Å². The van der Waals surface area contributed by atoms with Gasteiger partial charge in [0.25, 0.3) is 0 Å². The van der Waals surface area contributed by atoms with Crippen molar-refractivity contribution in [3.8, 4) is 0 Å². The Morgan fingerprint density at radius 2 is 1.79 bits per heavy atom. The minimum atomic E-state index is -0.843. The first-order valence-electron chi connectivity index (χ1n) is 7.59. The third kappa shape index (κ3) is 6.83. The zero-order chi connectivity index (χ0) is 18.1. The van der Waals surface area contributed by atoms with E-state index in [1.165, 1.54) is 0 Å². The van der Waals surface area contributed by atoms with Crippen molar-refractivity contribution < 1.29 is 19.1 Å². The predicted molar refractivity (Wildman–Crippen MR) is 91.7 cm³/mol. The van der Waals surface area contributed by atoms with E-state index in [2.05, 4.69) is 20.7 Å². The van der Waals surface area contributed by atoms with Gasteiger partial charge in [0.15, 0.2) is 0 Å². The van der Waals surface area contributed by atoms with Crippen LogP contribution in [0.1, 0.15) is 19.4 Å². The number of benzene rings is 1. The molecule has 0 saturated heterocycles. The topological polar surface area (TPSA) is 96.5 Å². The highest BCUT2D eigenvalue weighted by Crippen LogP contribution is 2.10. The fourth-order valence-corrected chi connectivity index (χ4v) is 2.09. The van der Waals surface area contributed by atoms with Crippen LogP contribution in [0.25, 0.3) is 0 Å². The first-order chi connectivity index (χ1) is 11.3. The summed E-state index contributed by atoms with van der Waals surface area (Å²) in [6, 6.07) is 6.40. The lowest BCUT2D eigenvalue weighted by Crippen LogP contribution is -2.47. The van der Waals surface area contributed by atoms with Gasteiger partial charge in [0.05, 0.1) is 12.6 Å². The van der Waals surface area contributed by atoms with Crippen LogP contribution in [0.4, 0.5) is 10.5 Å². The fourth-order valence-electron chi connectivity index (χ4n) is 2.09. The number of carbonyl (C=O) groups excluding carboxylic acids is 3. The molecule has 0 saturated carbocycles. The van der Waals surface area contributed by atoms with Crippen LogP contribution in [0.3, 0.4) is 0 Å². The Balaban J connectivity index is 2.45. The largest absolute Gasteiger partial charge is 0.470 e. The molecule has 24 heavy (non-hydrogen) atoms. The molecule has 128 valence electrons. The maximum atomic E-state index is 11.9. The molecule has 0 bridgehead atoms. The van der Waals surface area contributed by atoms with Crippen molar-refractivity contribution in [2.45, 2.75) is 26.5 Å². The van der Waals surface area contributed by atoms with Crippen LogP contribution in [-0.2, 0) is 20.9 Å². The standard InChI is InChI=1S/C16H22BN3O4/c1-10(2)14(18-3)15(22)19-8-13(21)20-12-6-4-11(5-7-12)9-24-16(17)23/h4-7,10,14,18H,8-9H2,1-3H3,(H,19,22)(H,20,21). The van der Waals surface area contributed by atoms with Crippen LogP contribution in [0.2, 0.25) is 0 Å². The predicted octanol–water partition coefficient (Wildman–Crippen LogP) is 0.790. The summed E-state index contributed by atoms with van der Waals surface area (Å²) in [4.78, 5) is 34.3. The molecule has 1 aromatic rings. The van der Waals surface area contributed by atoms with Crippen LogP contribution >= 0.6 is 0 Å². The molecule has 0 aliphatic rings. The number of ether oxygens (including phenoxy) is 1. The minimum Gasteiger partial charge on any atom is -0.470 e. The highest BCUT2D eigenvalue weighted by Gasteiger charge is 2.20. The quantitative estimate of drug-likeness (QED) is 0.612. The van der Waals surface area contributed by atoms with Crippen LogP contribution in [0, 0.1) is 5.92 Å². The number of rotatable bonds is 8. The number of hydrogen-bond donors (Lipinski definition) is 3. The molecule has 0 spiro atoms. The average molecular weight is 331 g/mol. The molecule has 7 nitrogen and oxygen atoms in total. The SMILES string of the molecule is [B]C(=O)OCc1ccc(NC(=O)CNC(=O)C(NC)C(C)C)cc1. The lowest BCUT2D eigenvalue weighted by atomic mass is 10.0. The Morgan fingerprint density at radius 3 is 2.29 bits per heavy atom. The Hall–Kier alpha value is -2.35. The summed E-state index contributed by atoms with van der Waals surface area (Å²) < 4.78 is 4.66. The molecular formula is C16H22BN3O4. The number of amides is 2. The lowest BCUT2D eigenvalue weighted by molar-refractivity contribution is -0.126. The number of hydrogen-bond acceptors (Lipinski definition) is 5. The maximum absolute atomic E-state index is 11.9. The van der Waals surface area contributed by atoms with E-state index in [-0.39, 0.29) is 36.9 Å². The van der Waals surface area contributed by atoms with Crippen molar-refractivity contribution in [3.05, 3.63) is 29.8 Å². The third-order valence-corrected chi connectivity index (χ3v) is 3.30. The third-order valence-electron chi connectivity index (χ3n) is 3.30. The van der Waals surface area contributed by atoms with Crippen LogP contribution in [0.15, 0.2) is 24.3 Å². The minimum absolute atomic E-state index is 0.0697. The van der Waals surface area contributed by atoms with E-state index in [4.69, 9.17) is 7.85 Å². The molecule has 1 aromatic carbocycles. The molecule has 2 amide bonds. The summed E-state index contributed by atoms with van der Waals surface area (Å²) in [7, 11) is 6.59. The number of carbonyl (C=O) groups is 3. The Bertz CT molecular complexity index is 575. The molecular weight excluding hydrogens is 309 g/mol. The molecule has 0 aromatic heterocycles. The molecule has 8 heteroatoms. The second kappa shape index (κ2) is 9.72. The van der Waals surface area contributed by atoms with E-state index < -0.39 is 5.87 Å². The van der Waals surface area contributed by atoms with Gasteiger partial charge < -0.3 is 20.7 Å².